The largest absolute Gasteiger partial charge is 0.207 e. The summed E-state index contributed by atoms with van der Waals surface area (Å²) >= 11 is 0. The first-order valence-corrected chi connectivity index (χ1v) is 6.05. The molecule has 0 spiro atoms. The molecule has 0 aromatic heterocycles. The van der Waals surface area contributed by atoms with Crippen molar-refractivity contribution in [3.8, 4) is 0 Å². The van der Waals surface area contributed by atoms with Crippen molar-refractivity contribution in [2.75, 3.05) is 0 Å². The maximum atomic E-state index is 12.8. The number of hydrogen-bond donors (Lipinski definition) is 0. The Balaban J connectivity index is 1.92. The summed E-state index contributed by atoms with van der Waals surface area (Å²) in [4.78, 5) is 0. The molecule has 0 aliphatic rings. The first kappa shape index (κ1) is 11.8. The minimum absolute atomic E-state index is 0.162. The predicted molar refractivity (Wildman–Crippen MR) is 69.6 cm³/mol. The Labute approximate surface area is 102 Å². The third-order valence-corrected chi connectivity index (χ3v) is 3.15. The van der Waals surface area contributed by atoms with E-state index in [0.29, 0.717) is 5.92 Å². The lowest BCUT2D eigenvalue weighted by Gasteiger charge is -2.11. The van der Waals surface area contributed by atoms with Crippen LogP contribution in [0.3, 0.4) is 0 Å². The number of benzene rings is 2. The first-order chi connectivity index (χ1) is 8.25. The normalized spacial score (nSPS) is 12.4. The smallest absolute Gasteiger partial charge is 0.123 e. The third kappa shape index (κ3) is 3.42. The Kier molecular flexibility index (Phi) is 3.92. The maximum Gasteiger partial charge on any atom is 0.123 e. The summed E-state index contributed by atoms with van der Waals surface area (Å²) in [7, 11) is 0. The average molecular weight is 228 g/mol. The second kappa shape index (κ2) is 5.62. The molecule has 0 heterocycles. The van der Waals surface area contributed by atoms with Gasteiger partial charge in [0.2, 0.25) is 0 Å². The van der Waals surface area contributed by atoms with Crippen molar-refractivity contribution >= 4 is 0 Å². The monoisotopic (exact) mass is 228 g/mol. The van der Waals surface area contributed by atoms with E-state index in [4.69, 9.17) is 0 Å². The van der Waals surface area contributed by atoms with Gasteiger partial charge in [-0.15, -0.1) is 0 Å². The second-order valence-corrected chi connectivity index (χ2v) is 4.48. The van der Waals surface area contributed by atoms with E-state index >= 15 is 0 Å². The van der Waals surface area contributed by atoms with E-state index in [-0.39, 0.29) is 5.82 Å². The number of aryl methyl sites for hydroxylation is 1. The molecule has 2 aromatic carbocycles. The molecule has 17 heavy (non-hydrogen) atoms. The van der Waals surface area contributed by atoms with Crippen LogP contribution in [0.5, 0.6) is 0 Å². The van der Waals surface area contributed by atoms with Gasteiger partial charge in [0, 0.05) is 0 Å². The molecule has 0 radical (unpaired) electrons. The standard InChI is InChI=1S/C16H17F/c1-13(15-5-3-2-4-6-15)7-8-14-9-11-16(17)12-10-14/h2-6,9-13H,7-8H2,1H3/t13-/m0/s1. The van der Waals surface area contributed by atoms with E-state index in [0.717, 1.165) is 12.8 Å². The molecule has 0 saturated heterocycles. The van der Waals surface area contributed by atoms with Gasteiger partial charge in [0.1, 0.15) is 5.82 Å². The molecule has 1 atom stereocenters. The summed E-state index contributed by atoms with van der Waals surface area (Å²) in [5.74, 6) is 0.381. The van der Waals surface area contributed by atoms with Crippen LogP contribution in [-0.2, 0) is 6.42 Å². The van der Waals surface area contributed by atoms with Crippen LogP contribution in [0.1, 0.15) is 30.4 Å². The van der Waals surface area contributed by atoms with Gasteiger partial charge in [-0.1, -0.05) is 49.4 Å². The van der Waals surface area contributed by atoms with Gasteiger partial charge in [-0.2, -0.15) is 0 Å². The SMILES string of the molecule is C[C@@H](CCc1ccc(F)cc1)c1ccccc1. The molecule has 2 rings (SSSR count). The van der Waals surface area contributed by atoms with E-state index in [1.807, 2.05) is 18.2 Å². The summed E-state index contributed by atoms with van der Waals surface area (Å²) in [6, 6.07) is 17.3. The highest BCUT2D eigenvalue weighted by Crippen LogP contribution is 2.20. The number of hydrogen-bond acceptors (Lipinski definition) is 0. The maximum absolute atomic E-state index is 12.8. The van der Waals surface area contributed by atoms with E-state index in [1.54, 1.807) is 0 Å². The minimum atomic E-state index is -0.162. The van der Waals surface area contributed by atoms with Gasteiger partial charge in [0.05, 0.1) is 0 Å². The summed E-state index contributed by atoms with van der Waals surface area (Å²) in [5.41, 5.74) is 2.57. The van der Waals surface area contributed by atoms with Gasteiger partial charge in [-0.05, 0) is 42.0 Å². The topological polar surface area (TPSA) is 0 Å². The molecule has 2 aromatic rings. The lowest BCUT2D eigenvalue weighted by molar-refractivity contribution is 0.625. The molecule has 0 amide bonds. The van der Waals surface area contributed by atoms with E-state index in [2.05, 4.69) is 31.2 Å². The third-order valence-electron chi connectivity index (χ3n) is 3.15. The Hall–Kier alpha value is -1.63. The molecule has 0 saturated carbocycles. The Morgan fingerprint density at radius 3 is 2.24 bits per heavy atom. The highest BCUT2D eigenvalue weighted by molar-refractivity contribution is 5.20. The lowest BCUT2D eigenvalue weighted by atomic mass is 9.94. The van der Waals surface area contributed by atoms with E-state index in [9.17, 15) is 4.39 Å². The molecular formula is C16H17F. The average Bonchev–Trinajstić information content (AvgIpc) is 2.39. The molecule has 0 fully saturated rings. The fraction of sp³-hybridized carbons (Fsp3) is 0.250. The van der Waals surface area contributed by atoms with Crippen molar-refractivity contribution in [2.45, 2.75) is 25.7 Å². The zero-order valence-corrected chi connectivity index (χ0v) is 10.1. The summed E-state index contributed by atoms with van der Waals surface area (Å²) in [6.45, 7) is 2.23. The van der Waals surface area contributed by atoms with Crippen LogP contribution >= 0.6 is 0 Å². The fourth-order valence-corrected chi connectivity index (χ4v) is 1.98. The molecule has 1 heteroatoms. The molecular weight excluding hydrogens is 211 g/mol. The van der Waals surface area contributed by atoms with Crippen LogP contribution in [0.15, 0.2) is 54.6 Å². The van der Waals surface area contributed by atoms with Crippen LogP contribution in [0, 0.1) is 5.82 Å². The molecule has 0 aliphatic carbocycles. The van der Waals surface area contributed by atoms with Gasteiger partial charge in [-0.3, -0.25) is 0 Å². The van der Waals surface area contributed by atoms with Crippen molar-refractivity contribution in [1.29, 1.82) is 0 Å². The Morgan fingerprint density at radius 2 is 1.59 bits per heavy atom. The van der Waals surface area contributed by atoms with Crippen molar-refractivity contribution in [1.82, 2.24) is 0 Å². The van der Waals surface area contributed by atoms with Crippen molar-refractivity contribution < 1.29 is 4.39 Å². The van der Waals surface area contributed by atoms with E-state index < -0.39 is 0 Å². The van der Waals surface area contributed by atoms with Gasteiger partial charge in [0.15, 0.2) is 0 Å². The quantitative estimate of drug-likeness (QED) is 0.719. The summed E-state index contributed by atoms with van der Waals surface area (Å²) < 4.78 is 12.8. The first-order valence-electron chi connectivity index (χ1n) is 6.05. The van der Waals surface area contributed by atoms with Gasteiger partial charge < -0.3 is 0 Å². The van der Waals surface area contributed by atoms with Gasteiger partial charge in [-0.25, -0.2) is 4.39 Å². The van der Waals surface area contributed by atoms with Crippen molar-refractivity contribution in [3.63, 3.8) is 0 Å². The highest BCUT2D eigenvalue weighted by atomic mass is 19.1. The Morgan fingerprint density at radius 1 is 0.941 bits per heavy atom. The van der Waals surface area contributed by atoms with Crippen molar-refractivity contribution in [3.05, 3.63) is 71.5 Å². The second-order valence-electron chi connectivity index (χ2n) is 4.48. The highest BCUT2D eigenvalue weighted by Gasteiger charge is 2.05. The molecule has 0 bridgehead atoms. The van der Waals surface area contributed by atoms with Crippen LogP contribution < -0.4 is 0 Å². The summed E-state index contributed by atoms with van der Waals surface area (Å²) in [6.07, 6.45) is 2.09. The zero-order valence-electron chi connectivity index (χ0n) is 10.1. The summed E-state index contributed by atoms with van der Waals surface area (Å²) in [5, 5.41) is 0. The van der Waals surface area contributed by atoms with Crippen LogP contribution in [0.4, 0.5) is 4.39 Å². The van der Waals surface area contributed by atoms with Gasteiger partial charge in [0.25, 0.3) is 0 Å². The van der Waals surface area contributed by atoms with E-state index in [1.165, 1.54) is 23.3 Å². The number of halogens is 1. The van der Waals surface area contributed by atoms with Crippen LogP contribution in [-0.4, -0.2) is 0 Å². The minimum Gasteiger partial charge on any atom is -0.207 e. The molecule has 0 unspecified atom stereocenters. The lowest BCUT2D eigenvalue weighted by Crippen LogP contribution is -1.96. The van der Waals surface area contributed by atoms with Crippen molar-refractivity contribution in [2.24, 2.45) is 0 Å². The predicted octanol–water partition coefficient (Wildman–Crippen LogP) is 4.56. The molecule has 0 nitrogen and oxygen atoms in total. The number of rotatable bonds is 4. The fourth-order valence-electron chi connectivity index (χ4n) is 1.98. The van der Waals surface area contributed by atoms with Gasteiger partial charge >= 0.3 is 0 Å². The van der Waals surface area contributed by atoms with Crippen LogP contribution in [0.2, 0.25) is 0 Å². The molecule has 0 N–H and O–H groups in total. The molecule has 0 aliphatic heterocycles. The molecule has 88 valence electrons. The zero-order chi connectivity index (χ0) is 12.1. The van der Waals surface area contributed by atoms with Crippen LogP contribution in [0.25, 0.3) is 0 Å². The Bertz CT molecular complexity index is 445.